The number of ketones is 2. The number of para-hydroxylation sites is 1. The predicted molar refractivity (Wildman–Crippen MR) is 168 cm³/mol. The van der Waals surface area contributed by atoms with Crippen molar-refractivity contribution in [3.8, 4) is 5.69 Å². The highest BCUT2D eigenvalue weighted by atomic mass is 16.7. The molecular formula is C34H41N3O6. The van der Waals surface area contributed by atoms with Crippen LogP contribution in [0.25, 0.3) is 16.6 Å². The summed E-state index contributed by atoms with van der Waals surface area (Å²) in [5.41, 5.74) is 2.48. The largest absolute Gasteiger partial charge is 0.331 e. The summed E-state index contributed by atoms with van der Waals surface area (Å²) in [5.74, 6) is -1.98. The van der Waals surface area contributed by atoms with Crippen molar-refractivity contribution in [2.75, 3.05) is 0 Å². The molecule has 1 aromatic heterocycles. The molecule has 0 aliphatic carbocycles. The van der Waals surface area contributed by atoms with E-state index >= 15 is 0 Å². The molecular weight excluding hydrogens is 546 g/mol. The van der Waals surface area contributed by atoms with E-state index in [-0.39, 0.29) is 23.0 Å². The van der Waals surface area contributed by atoms with Crippen molar-refractivity contribution in [3.63, 3.8) is 0 Å². The standard InChI is InChI=1S/C34H41N3O6/c1-5-7-9-14-18-30(35-42-24(3)38)33(40)26-20-21-32-28(22-26)29(23-37(32)27-16-12-11-13-17-27)34(41)31(36-43-25(4)39)19-15-10-8-6-2/h11-13,16-17,20-23H,5-10,14-15,18-19H2,1-4H3/b35-30+,36-31+. The number of rotatable bonds is 17. The molecule has 9 nitrogen and oxygen atoms in total. The van der Waals surface area contributed by atoms with Crippen LogP contribution in [0.15, 0.2) is 65.0 Å². The number of benzene rings is 2. The molecule has 0 saturated heterocycles. The number of carbonyl (C=O) groups is 4. The molecule has 0 aliphatic heterocycles. The highest BCUT2D eigenvalue weighted by Crippen LogP contribution is 2.28. The van der Waals surface area contributed by atoms with E-state index in [1.165, 1.54) is 13.8 Å². The third-order valence-corrected chi connectivity index (χ3v) is 6.97. The molecule has 1 heterocycles. The minimum absolute atomic E-state index is 0.142. The van der Waals surface area contributed by atoms with E-state index in [0.29, 0.717) is 34.9 Å². The second-order valence-corrected chi connectivity index (χ2v) is 10.5. The van der Waals surface area contributed by atoms with Gasteiger partial charge in [0, 0.05) is 42.2 Å². The minimum Gasteiger partial charge on any atom is -0.318 e. The lowest BCUT2D eigenvalue weighted by atomic mass is 9.97. The first-order chi connectivity index (χ1) is 20.8. The zero-order valence-corrected chi connectivity index (χ0v) is 25.6. The molecule has 3 rings (SSSR count). The first-order valence-electron chi connectivity index (χ1n) is 15.1. The van der Waals surface area contributed by atoms with Crippen LogP contribution < -0.4 is 0 Å². The molecule has 2 aromatic carbocycles. The number of fused-ring (bicyclic) bond motifs is 1. The molecule has 0 N–H and O–H groups in total. The fourth-order valence-corrected chi connectivity index (χ4v) is 4.75. The highest BCUT2D eigenvalue weighted by Gasteiger charge is 2.24. The van der Waals surface area contributed by atoms with Gasteiger partial charge in [0.25, 0.3) is 0 Å². The van der Waals surface area contributed by atoms with Crippen LogP contribution >= 0.6 is 0 Å². The number of aromatic nitrogens is 1. The van der Waals surface area contributed by atoms with Crippen molar-refractivity contribution >= 4 is 45.8 Å². The third-order valence-electron chi connectivity index (χ3n) is 6.97. The van der Waals surface area contributed by atoms with E-state index in [9.17, 15) is 19.2 Å². The molecule has 43 heavy (non-hydrogen) atoms. The van der Waals surface area contributed by atoms with Gasteiger partial charge in [-0.05, 0) is 56.0 Å². The average molecular weight is 588 g/mol. The molecule has 228 valence electrons. The van der Waals surface area contributed by atoms with Crippen molar-refractivity contribution in [1.82, 2.24) is 4.57 Å². The Morgan fingerprint density at radius 2 is 1.26 bits per heavy atom. The summed E-state index contributed by atoms with van der Waals surface area (Å²) in [6.45, 7) is 6.67. The molecule has 3 aromatic rings. The van der Waals surface area contributed by atoms with E-state index in [4.69, 9.17) is 9.68 Å². The predicted octanol–water partition coefficient (Wildman–Crippen LogP) is 7.77. The number of hydrogen-bond acceptors (Lipinski definition) is 8. The molecule has 0 radical (unpaired) electrons. The molecule has 0 saturated carbocycles. The molecule has 0 unspecified atom stereocenters. The van der Waals surface area contributed by atoms with E-state index < -0.39 is 11.9 Å². The maximum absolute atomic E-state index is 14.0. The van der Waals surface area contributed by atoms with Gasteiger partial charge in [-0.3, -0.25) is 9.59 Å². The maximum atomic E-state index is 14.0. The highest BCUT2D eigenvalue weighted by molar-refractivity contribution is 6.48. The molecule has 9 heteroatoms. The summed E-state index contributed by atoms with van der Waals surface area (Å²) in [4.78, 5) is 60.4. The Hall–Kier alpha value is -4.40. The lowest BCUT2D eigenvalue weighted by Gasteiger charge is -2.08. The number of oxime groups is 2. The van der Waals surface area contributed by atoms with Crippen LogP contribution in [-0.2, 0) is 19.3 Å². The number of nitrogens with zero attached hydrogens (tertiary/aromatic N) is 3. The number of Topliss-reactive ketones (excluding diaryl/α,β-unsaturated/α-hetero) is 2. The van der Waals surface area contributed by atoms with Crippen LogP contribution in [-0.4, -0.2) is 39.5 Å². The molecule has 0 fully saturated rings. The Bertz CT molecular complexity index is 1490. The van der Waals surface area contributed by atoms with Gasteiger partial charge < -0.3 is 14.2 Å². The first kappa shape index (κ1) is 33.1. The van der Waals surface area contributed by atoms with Gasteiger partial charge in [-0.2, -0.15) is 0 Å². The van der Waals surface area contributed by atoms with Gasteiger partial charge in [0.15, 0.2) is 0 Å². The maximum Gasteiger partial charge on any atom is 0.331 e. The van der Waals surface area contributed by atoms with Crippen LogP contribution in [0.3, 0.4) is 0 Å². The summed E-state index contributed by atoms with van der Waals surface area (Å²) in [7, 11) is 0. The molecule has 0 amide bonds. The van der Waals surface area contributed by atoms with E-state index in [0.717, 1.165) is 57.1 Å². The van der Waals surface area contributed by atoms with Crippen molar-refractivity contribution in [3.05, 3.63) is 65.9 Å². The topological polar surface area (TPSA) is 116 Å². The Balaban J connectivity index is 2.10. The summed E-state index contributed by atoms with van der Waals surface area (Å²) < 4.78 is 1.88. The van der Waals surface area contributed by atoms with E-state index in [1.54, 1.807) is 24.4 Å². The summed E-state index contributed by atoms with van der Waals surface area (Å²) in [5, 5.41) is 8.36. The van der Waals surface area contributed by atoms with Gasteiger partial charge in [-0.1, -0.05) is 80.9 Å². The summed E-state index contributed by atoms with van der Waals surface area (Å²) in [6.07, 6.45) is 9.82. The Morgan fingerprint density at radius 1 is 0.698 bits per heavy atom. The SMILES string of the molecule is CCCCCC/C(=N\OC(C)=O)C(=O)c1ccc2c(c1)c(C(=O)/C(CCCCCC)=N/OC(C)=O)cn2-c1ccccc1. The Kier molecular flexibility index (Phi) is 13.0. The Labute approximate surface area is 252 Å². The van der Waals surface area contributed by atoms with E-state index in [1.807, 2.05) is 34.9 Å². The lowest BCUT2D eigenvalue weighted by molar-refractivity contribution is -0.141. The second-order valence-electron chi connectivity index (χ2n) is 10.5. The average Bonchev–Trinajstić information content (AvgIpc) is 3.39. The zero-order chi connectivity index (χ0) is 31.2. The third kappa shape index (κ3) is 9.56. The molecule has 0 bridgehead atoms. The number of carbonyl (C=O) groups excluding carboxylic acids is 4. The number of unbranched alkanes of at least 4 members (excludes halogenated alkanes) is 6. The van der Waals surface area contributed by atoms with Gasteiger partial charge in [-0.25, -0.2) is 9.59 Å². The van der Waals surface area contributed by atoms with Crippen LogP contribution in [0.5, 0.6) is 0 Å². The van der Waals surface area contributed by atoms with Gasteiger partial charge in [-0.15, -0.1) is 0 Å². The van der Waals surface area contributed by atoms with Crippen molar-refractivity contribution < 1.29 is 28.9 Å². The smallest absolute Gasteiger partial charge is 0.318 e. The van der Waals surface area contributed by atoms with Gasteiger partial charge in [0.2, 0.25) is 11.6 Å². The number of hydrogen-bond donors (Lipinski definition) is 0. The summed E-state index contributed by atoms with van der Waals surface area (Å²) in [6, 6.07) is 14.7. The van der Waals surface area contributed by atoms with Crippen LogP contribution in [0.4, 0.5) is 0 Å². The molecule has 0 spiro atoms. The quantitative estimate of drug-likeness (QED) is 0.0523. The molecule has 0 aliphatic rings. The molecule has 0 atom stereocenters. The van der Waals surface area contributed by atoms with Crippen LogP contribution in [0, 0.1) is 0 Å². The fourth-order valence-electron chi connectivity index (χ4n) is 4.75. The Morgan fingerprint density at radius 3 is 1.79 bits per heavy atom. The monoisotopic (exact) mass is 587 g/mol. The fraction of sp³-hybridized carbons (Fsp3) is 0.412. The van der Waals surface area contributed by atoms with Gasteiger partial charge in [0.05, 0.1) is 5.52 Å². The van der Waals surface area contributed by atoms with Crippen LogP contribution in [0.2, 0.25) is 0 Å². The van der Waals surface area contributed by atoms with Crippen molar-refractivity contribution in [2.24, 2.45) is 10.3 Å². The normalized spacial score (nSPS) is 11.9. The summed E-state index contributed by atoms with van der Waals surface area (Å²) >= 11 is 0. The van der Waals surface area contributed by atoms with Crippen molar-refractivity contribution in [1.29, 1.82) is 0 Å². The first-order valence-corrected chi connectivity index (χ1v) is 15.1. The zero-order valence-electron chi connectivity index (χ0n) is 25.6. The van der Waals surface area contributed by atoms with Crippen LogP contribution in [0.1, 0.15) is 113 Å². The van der Waals surface area contributed by atoms with Gasteiger partial charge in [0.1, 0.15) is 11.4 Å². The lowest BCUT2D eigenvalue weighted by Crippen LogP contribution is -2.17. The minimum atomic E-state index is -0.614. The second kappa shape index (κ2) is 16.9. The van der Waals surface area contributed by atoms with Gasteiger partial charge >= 0.3 is 11.9 Å². The van der Waals surface area contributed by atoms with Crippen molar-refractivity contribution in [2.45, 2.75) is 91.9 Å². The van der Waals surface area contributed by atoms with E-state index in [2.05, 4.69) is 24.2 Å².